The van der Waals surface area contributed by atoms with Gasteiger partial charge in [-0.1, -0.05) is 12.1 Å². The molecule has 4 heteroatoms. The Morgan fingerprint density at radius 3 is 2.61 bits per heavy atom. The minimum absolute atomic E-state index is 0.672. The van der Waals surface area contributed by atoms with Crippen molar-refractivity contribution in [3.8, 4) is 5.69 Å². The van der Waals surface area contributed by atoms with Gasteiger partial charge >= 0.3 is 0 Å². The Bertz CT molecular complexity index is 541. The molecule has 1 saturated carbocycles. The standard InChI is InChI=1S/C14H16BrN3/c15-13-9-17-18(14(13)11-3-4-11)12-5-1-10(2-6-12)7-8-16/h1-2,5-6,9,11H,3-4,7-8,16H2. The first-order valence-corrected chi connectivity index (χ1v) is 7.11. The van der Waals surface area contributed by atoms with Crippen LogP contribution in [0.2, 0.25) is 0 Å². The van der Waals surface area contributed by atoms with Gasteiger partial charge in [0.1, 0.15) is 0 Å². The topological polar surface area (TPSA) is 43.8 Å². The van der Waals surface area contributed by atoms with Gasteiger partial charge in [0.25, 0.3) is 0 Å². The first-order valence-electron chi connectivity index (χ1n) is 6.32. The Morgan fingerprint density at radius 1 is 1.28 bits per heavy atom. The average Bonchev–Trinajstić information content (AvgIpc) is 3.14. The van der Waals surface area contributed by atoms with Crippen molar-refractivity contribution >= 4 is 15.9 Å². The van der Waals surface area contributed by atoms with E-state index in [1.807, 2.05) is 10.9 Å². The van der Waals surface area contributed by atoms with Crippen LogP contribution >= 0.6 is 15.9 Å². The number of benzene rings is 1. The van der Waals surface area contributed by atoms with E-state index < -0.39 is 0 Å². The van der Waals surface area contributed by atoms with E-state index in [0.29, 0.717) is 12.5 Å². The van der Waals surface area contributed by atoms with Crippen LogP contribution in [0.5, 0.6) is 0 Å². The molecule has 1 aromatic heterocycles. The minimum atomic E-state index is 0.672. The fraction of sp³-hybridized carbons (Fsp3) is 0.357. The fourth-order valence-electron chi connectivity index (χ4n) is 2.24. The molecule has 3 nitrogen and oxygen atoms in total. The van der Waals surface area contributed by atoms with Crippen LogP contribution in [-0.4, -0.2) is 16.3 Å². The monoisotopic (exact) mass is 305 g/mol. The Kier molecular flexibility index (Phi) is 3.22. The first-order chi connectivity index (χ1) is 8.79. The predicted octanol–water partition coefficient (Wildman–Crippen LogP) is 3.01. The molecule has 0 amide bonds. The van der Waals surface area contributed by atoms with E-state index in [4.69, 9.17) is 5.73 Å². The molecular weight excluding hydrogens is 290 g/mol. The first kappa shape index (κ1) is 11.9. The van der Waals surface area contributed by atoms with Gasteiger partial charge in [0, 0.05) is 5.92 Å². The summed E-state index contributed by atoms with van der Waals surface area (Å²) in [5, 5.41) is 4.47. The molecule has 0 spiro atoms. The van der Waals surface area contributed by atoms with Crippen LogP contribution in [0.1, 0.15) is 30.0 Å². The van der Waals surface area contributed by atoms with Crippen molar-refractivity contribution in [2.24, 2.45) is 5.73 Å². The van der Waals surface area contributed by atoms with E-state index in [9.17, 15) is 0 Å². The lowest BCUT2D eigenvalue weighted by molar-refractivity contribution is 0.805. The number of halogens is 1. The summed E-state index contributed by atoms with van der Waals surface area (Å²) >= 11 is 3.59. The molecule has 18 heavy (non-hydrogen) atoms. The molecule has 2 N–H and O–H groups in total. The molecule has 0 atom stereocenters. The van der Waals surface area contributed by atoms with Crippen molar-refractivity contribution in [2.75, 3.05) is 6.54 Å². The zero-order valence-corrected chi connectivity index (χ0v) is 11.7. The van der Waals surface area contributed by atoms with Gasteiger partial charge in [-0.15, -0.1) is 0 Å². The number of aromatic nitrogens is 2. The molecule has 94 valence electrons. The Balaban J connectivity index is 1.94. The van der Waals surface area contributed by atoms with E-state index in [1.165, 1.54) is 24.1 Å². The molecule has 1 aliphatic rings. The maximum Gasteiger partial charge on any atom is 0.0649 e. The van der Waals surface area contributed by atoms with E-state index in [-0.39, 0.29) is 0 Å². The van der Waals surface area contributed by atoms with Crippen LogP contribution in [0.3, 0.4) is 0 Å². The van der Waals surface area contributed by atoms with Crippen molar-refractivity contribution < 1.29 is 0 Å². The van der Waals surface area contributed by atoms with E-state index in [2.05, 4.69) is 45.3 Å². The highest BCUT2D eigenvalue weighted by Crippen LogP contribution is 2.43. The third-order valence-corrected chi connectivity index (χ3v) is 3.95. The smallest absolute Gasteiger partial charge is 0.0649 e. The maximum atomic E-state index is 5.56. The molecular formula is C14H16BrN3. The van der Waals surface area contributed by atoms with Gasteiger partial charge in [-0.2, -0.15) is 5.10 Å². The van der Waals surface area contributed by atoms with E-state index >= 15 is 0 Å². The van der Waals surface area contributed by atoms with Crippen molar-refractivity contribution in [2.45, 2.75) is 25.2 Å². The normalized spacial score (nSPS) is 15.0. The molecule has 0 radical (unpaired) electrons. The lowest BCUT2D eigenvalue weighted by Gasteiger charge is -2.08. The van der Waals surface area contributed by atoms with E-state index in [1.54, 1.807) is 0 Å². The lowest BCUT2D eigenvalue weighted by Crippen LogP contribution is -2.04. The van der Waals surface area contributed by atoms with Gasteiger partial charge in [-0.3, -0.25) is 0 Å². The summed E-state index contributed by atoms with van der Waals surface area (Å²) in [5.41, 5.74) is 9.27. The quantitative estimate of drug-likeness (QED) is 0.943. The number of nitrogens with zero attached hydrogens (tertiary/aromatic N) is 2. The summed E-state index contributed by atoms with van der Waals surface area (Å²) in [6.07, 6.45) is 5.37. The van der Waals surface area contributed by atoms with E-state index in [0.717, 1.165) is 16.6 Å². The second kappa shape index (κ2) is 4.86. The molecule has 2 aromatic rings. The van der Waals surface area contributed by atoms with Crippen molar-refractivity contribution in [3.05, 3.63) is 46.2 Å². The lowest BCUT2D eigenvalue weighted by atomic mass is 10.1. The number of nitrogens with two attached hydrogens (primary N) is 1. The van der Waals surface area contributed by atoms with Gasteiger partial charge < -0.3 is 5.73 Å². The van der Waals surface area contributed by atoms with Gasteiger partial charge in [-0.05, 0) is 59.4 Å². The molecule has 1 aliphatic carbocycles. The molecule has 1 fully saturated rings. The summed E-state index contributed by atoms with van der Waals surface area (Å²) in [6.45, 7) is 0.694. The van der Waals surface area contributed by atoms with Gasteiger partial charge in [0.15, 0.2) is 0 Å². The zero-order chi connectivity index (χ0) is 12.5. The third kappa shape index (κ3) is 2.22. The summed E-state index contributed by atoms with van der Waals surface area (Å²) in [4.78, 5) is 0. The number of rotatable bonds is 4. The molecule has 0 bridgehead atoms. The summed E-state index contributed by atoms with van der Waals surface area (Å²) < 4.78 is 3.17. The largest absolute Gasteiger partial charge is 0.330 e. The zero-order valence-electron chi connectivity index (χ0n) is 10.1. The highest BCUT2D eigenvalue weighted by atomic mass is 79.9. The van der Waals surface area contributed by atoms with Crippen LogP contribution in [0.25, 0.3) is 5.69 Å². The van der Waals surface area contributed by atoms with Crippen molar-refractivity contribution in [1.29, 1.82) is 0 Å². The molecule has 0 saturated heterocycles. The molecule has 0 aliphatic heterocycles. The molecule has 1 aromatic carbocycles. The highest BCUT2D eigenvalue weighted by Gasteiger charge is 2.29. The van der Waals surface area contributed by atoms with Crippen LogP contribution in [0.4, 0.5) is 0 Å². The van der Waals surface area contributed by atoms with Gasteiger partial charge in [0.05, 0.1) is 22.1 Å². The van der Waals surface area contributed by atoms with Crippen molar-refractivity contribution in [1.82, 2.24) is 9.78 Å². The SMILES string of the molecule is NCCc1ccc(-n2ncc(Br)c2C2CC2)cc1. The van der Waals surface area contributed by atoms with Crippen molar-refractivity contribution in [3.63, 3.8) is 0 Å². The Morgan fingerprint density at radius 2 is 2.00 bits per heavy atom. The third-order valence-electron chi connectivity index (χ3n) is 3.34. The molecule has 0 unspecified atom stereocenters. The molecule has 3 rings (SSSR count). The van der Waals surface area contributed by atoms with Crippen LogP contribution in [0.15, 0.2) is 34.9 Å². The summed E-state index contributed by atoms with van der Waals surface area (Å²) in [6, 6.07) is 8.51. The average molecular weight is 306 g/mol. The predicted molar refractivity (Wildman–Crippen MR) is 76.0 cm³/mol. The van der Waals surface area contributed by atoms with Gasteiger partial charge in [0.2, 0.25) is 0 Å². The maximum absolute atomic E-state index is 5.56. The second-order valence-corrected chi connectivity index (χ2v) is 5.62. The van der Waals surface area contributed by atoms with Crippen LogP contribution in [0, 0.1) is 0 Å². The summed E-state index contributed by atoms with van der Waals surface area (Å²) in [7, 11) is 0. The van der Waals surface area contributed by atoms with Crippen LogP contribution in [-0.2, 0) is 6.42 Å². The highest BCUT2D eigenvalue weighted by molar-refractivity contribution is 9.10. The second-order valence-electron chi connectivity index (χ2n) is 4.77. The minimum Gasteiger partial charge on any atom is -0.330 e. The number of hydrogen-bond acceptors (Lipinski definition) is 2. The number of hydrogen-bond donors (Lipinski definition) is 1. The fourth-order valence-corrected chi connectivity index (χ4v) is 2.82. The Labute approximate surface area is 115 Å². The van der Waals surface area contributed by atoms with Gasteiger partial charge in [-0.25, -0.2) is 4.68 Å². The Hall–Kier alpha value is -1.13. The molecule has 1 heterocycles. The summed E-state index contributed by atoms with van der Waals surface area (Å²) in [5.74, 6) is 0.672. The van der Waals surface area contributed by atoms with Crippen LogP contribution < -0.4 is 5.73 Å².